The molecule has 0 amide bonds. The summed E-state index contributed by atoms with van der Waals surface area (Å²) in [5.74, 6) is 1.36. The first kappa shape index (κ1) is 15.1. The fraction of sp³-hybridized carbons (Fsp3) is 0.625. The zero-order valence-electron chi connectivity index (χ0n) is 12.4. The summed E-state index contributed by atoms with van der Waals surface area (Å²) in [7, 11) is 0. The second-order valence-corrected chi connectivity index (χ2v) is 5.66. The Kier molecular flexibility index (Phi) is 5.26. The number of ether oxygens (including phenoxy) is 1. The number of nitrogens with zero attached hydrogens (tertiary/aromatic N) is 1. The lowest BCUT2D eigenvalue weighted by atomic mass is 10.0. The van der Waals surface area contributed by atoms with Gasteiger partial charge >= 0.3 is 0 Å². The van der Waals surface area contributed by atoms with E-state index >= 15 is 0 Å². The van der Waals surface area contributed by atoms with Crippen LogP contribution in [0.2, 0.25) is 0 Å². The van der Waals surface area contributed by atoms with Crippen LogP contribution in [0.25, 0.3) is 0 Å². The van der Waals surface area contributed by atoms with E-state index in [2.05, 4.69) is 11.8 Å². The molecule has 1 aliphatic rings. The van der Waals surface area contributed by atoms with Gasteiger partial charge in [0.25, 0.3) is 0 Å². The van der Waals surface area contributed by atoms with Crippen molar-refractivity contribution in [3.8, 4) is 11.5 Å². The highest BCUT2D eigenvalue weighted by Crippen LogP contribution is 2.27. The molecule has 1 aromatic carbocycles. The number of phenols is 1. The minimum Gasteiger partial charge on any atom is -0.507 e. The van der Waals surface area contributed by atoms with Crippen LogP contribution in [-0.2, 0) is 6.54 Å². The molecule has 2 rings (SSSR count). The van der Waals surface area contributed by atoms with Gasteiger partial charge in [-0.05, 0) is 38.3 Å². The minimum atomic E-state index is -0.251. The molecule has 1 heterocycles. The molecule has 2 N–H and O–H groups in total. The van der Waals surface area contributed by atoms with Crippen molar-refractivity contribution in [3.05, 3.63) is 23.8 Å². The highest BCUT2D eigenvalue weighted by atomic mass is 16.5. The van der Waals surface area contributed by atoms with Crippen LogP contribution in [0.4, 0.5) is 0 Å². The van der Waals surface area contributed by atoms with Crippen molar-refractivity contribution in [2.45, 2.75) is 39.3 Å². The Morgan fingerprint density at radius 3 is 2.85 bits per heavy atom. The van der Waals surface area contributed by atoms with Crippen molar-refractivity contribution in [2.24, 2.45) is 5.92 Å². The maximum atomic E-state index is 10.1. The summed E-state index contributed by atoms with van der Waals surface area (Å²) in [6.07, 6.45) is 1.73. The van der Waals surface area contributed by atoms with E-state index in [0.29, 0.717) is 18.3 Å². The predicted octanol–water partition coefficient (Wildman–Crippen LogP) is 2.38. The molecule has 1 fully saturated rings. The number of hydrogen-bond donors (Lipinski definition) is 2. The van der Waals surface area contributed by atoms with Crippen molar-refractivity contribution < 1.29 is 14.9 Å². The van der Waals surface area contributed by atoms with Crippen molar-refractivity contribution in [2.75, 3.05) is 19.7 Å². The van der Waals surface area contributed by atoms with Gasteiger partial charge in [0, 0.05) is 24.7 Å². The second kappa shape index (κ2) is 6.95. The zero-order chi connectivity index (χ0) is 14.5. The molecule has 0 radical (unpaired) electrons. The number of hydrogen-bond acceptors (Lipinski definition) is 4. The minimum absolute atomic E-state index is 0.251. The van der Waals surface area contributed by atoms with Crippen LogP contribution in [0.1, 0.15) is 32.3 Å². The SMILES string of the molecule is CCCOc1ccc(CN2CCC(C(C)O)C2)c(O)c1. The first-order valence-electron chi connectivity index (χ1n) is 7.45. The van der Waals surface area contributed by atoms with E-state index in [1.54, 1.807) is 6.07 Å². The van der Waals surface area contributed by atoms with Crippen LogP contribution in [0, 0.1) is 5.92 Å². The third kappa shape index (κ3) is 3.87. The predicted molar refractivity (Wildman–Crippen MR) is 79.0 cm³/mol. The third-order valence-electron chi connectivity index (χ3n) is 3.91. The number of rotatable bonds is 6. The summed E-state index contributed by atoms with van der Waals surface area (Å²) in [6, 6.07) is 5.52. The van der Waals surface area contributed by atoms with Gasteiger partial charge < -0.3 is 14.9 Å². The van der Waals surface area contributed by atoms with Gasteiger partial charge in [0.05, 0.1) is 12.7 Å². The fourth-order valence-corrected chi connectivity index (χ4v) is 2.63. The largest absolute Gasteiger partial charge is 0.507 e. The molecule has 20 heavy (non-hydrogen) atoms. The van der Waals surface area contributed by atoms with Gasteiger partial charge in [-0.25, -0.2) is 0 Å². The van der Waals surface area contributed by atoms with Gasteiger partial charge in [0.2, 0.25) is 0 Å². The monoisotopic (exact) mass is 279 g/mol. The maximum absolute atomic E-state index is 10.1. The molecule has 1 aliphatic heterocycles. The van der Waals surface area contributed by atoms with Gasteiger partial charge in [-0.1, -0.05) is 13.0 Å². The Morgan fingerprint density at radius 1 is 1.45 bits per heavy atom. The van der Waals surface area contributed by atoms with E-state index in [-0.39, 0.29) is 6.10 Å². The summed E-state index contributed by atoms with van der Waals surface area (Å²) >= 11 is 0. The van der Waals surface area contributed by atoms with Crippen LogP contribution in [0.3, 0.4) is 0 Å². The third-order valence-corrected chi connectivity index (χ3v) is 3.91. The van der Waals surface area contributed by atoms with Gasteiger partial charge in [-0.15, -0.1) is 0 Å². The standard InChI is InChI=1S/C16H25NO3/c1-3-8-20-15-5-4-14(16(19)9-15)11-17-7-6-13(10-17)12(2)18/h4-5,9,12-13,18-19H,3,6-8,10-11H2,1-2H3. The molecule has 0 spiro atoms. The average Bonchev–Trinajstić information content (AvgIpc) is 2.88. The lowest BCUT2D eigenvalue weighted by Crippen LogP contribution is -2.24. The molecule has 0 aromatic heterocycles. The highest BCUT2D eigenvalue weighted by Gasteiger charge is 2.26. The maximum Gasteiger partial charge on any atom is 0.123 e. The Hall–Kier alpha value is -1.26. The first-order chi connectivity index (χ1) is 9.60. The normalized spacial score (nSPS) is 21.1. The lowest BCUT2D eigenvalue weighted by Gasteiger charge is -2.18. The molecular formula is C16H25NO3. The summed E-state index contributed by atoms with van der Waals surface area (Å²) in [4.78, 5) is 2.28. The number of phenolic OH excluding ortho intramolecular Hbond substituents is 1. The first-order valence-corrected chi connectivity index (χ1v) is 7.45. The smallest absolute Gasteiger partial charge is 0.123 e. The number of aliphatic hydroxyl groups excluding tert-OH is 1. The Balaban J connectivity index is 1.93. The van der Waals surface area contributed by atoms with Gasteiger partial charge in [-0.3, -0.25) is 4.90 Å². The molecule has 2 atom stereocenters. The van der Waals surface area contributed by atoms with E-state index in [0.717, 1.165) is 43.8 Å². The molecule has 0 saturated carbocycles. The van der Waals surface area contributed by atoms with Crippen molar-refractivity contribution in [1.29, 1.82) is 0 Å². The molecule has 4 nitrogen and oxygen atoms in total. The molecule has 0 aliphatic carbocycles. The number of aliphatic hydroxyl groups is 1. The summed E-state index contributed by atoms with van der Waals surface area (Å²) in [5, 5.41) is 19.7. The van der Waals surface area contributed by atoms with E-state index in [1.807, 2.05) is 19.1 Å². The van der Waals surface area contributed by atoms with E-state index in [4.69, 9.17) is 4.74 Å². The molecular weight excluding hydrogens is 254 g/mol. The van der Waals surface area contributed by atoms with Gasteiger partial charge in [0.1, 0.15) is 11.5 Å². The van der Waals surface area contributed by atoms with Crippen LogP contribution in [-0.4, -0.2) is 40.9 Å². The highest BCUT2D eigenvalue weighted by molar-refractivity contribution is 5.39. The second-order valence-electron chi connectivity index (χ2n) is 5.66. The topological polar surface area (TPSA) is 52.9 Å². The van der Waals surface area contributed by atoms with Crippen LogP contribution in [0.5, 0.6) is 11.5 Å². The fourth-order valence-electron chi connectivity index (χ4n) is 2.63. The molecule has 0 bridgehead atoms. The Morgan fingerprint density at radius 2 is 2.25 bits per heavy atom. The zero-order valence-corrected chi connectivity index (χ0v) is 12.4. The molecule has 2 unspecified atom stereocenters. The van der Waals surface area contributed by atoms with Gasteiger partial charge in [-0.2, -0.15) is 0 Å². The van der Waals surface area contributed by atoms with E-state index in [9.17, 15) is 10.2 Å². The Labute approximate surface area is 121 Å². The molecule has 4 heteroatoms. The van der Waals surface area contributed by atoms with Gasteiger partial charge in [0.15, 0.2) is 0 Å². The van der Waals surface area contributed by atoms with Crippen molar-refractivity contribution >= 4 is 0 Å². The summed E-state index contributed by atoms with van der Waals surface area (Å²) in [6.45, 7) is 7.17. The molecule has 112 valence electrons. The Bertz CT molecular complexity index is 434. The summed E-state index contributed by atoms with van der Waals surface area (Å²) in [5.41, 5.74) is 0.917. The molecule has 1 aromatic rings. The number of likely N-dealkylation sites (tertiary alicyclic amines) is 1. The van der Waals surface area contributed by atoms with Crippen molar-refractivity contribution in [1.82, 2.24) is 4.90 Å². The van der Waals surface area contributed by atoms with Crippen LogP contribution >= 0.6 is 0 Å². The van der Waals surface area contributed by atoms with Crippen LogP contribution < -0.4 is 4.74 Å². The van der Waals surface area contributed by atoms with E-state index in [1.165, 1.54) is 0 Å². The number of benzene rings is 1. The summed E-state index contributed by atoms with van der Waals surface area (Å²) < 4.78 is 5.50. The lowest BCUT2D eigenvalue weighted by molar-refractivity contribution is 0.127. The number of aromatic hydroxyl groups is 1. The quantitative estimate of drug-likeness (QED) is 0.839. The van der Waals surface area contributed by atoms with E-state index < -0.39 is 0 Å². The average molecular weight is 279 g/mol. The molecule has 1 saturated heterocycles. The van der Waals surface area contributed by atoms with Crippen LogP contribution in [0.15, 0.2) is 18.2 Å². The van der Waals surface area contributed by atoms with Crippen molar-refractivity contribution in [3.63, 3.8) is 0 Å².